The summed E-state index contributed by atoms with van der Waals surface area (Å²) >= 11 is 0. The molecule has 0 radical (unpaired) electrons. The molecule has 0 bridgehead atoms. The van der Waals surface area contributed by atoms with Crippen molar-refractivity contribution in [3.63, 3.8) is 0 Å². The molecular formula is C16H15BN3O6S+. The molecule has 27 heavy (non-hydrogen) atoms. The van der Waals surface area contributed by atoms with Gasteiger partial charge in [0.1, 0.15) is 11.2 Å². The van der Waals surface area contributed by atoms with E-state index in [1.807, 2.05) is 0 Å². The molecule has 0 spiro atoms. The molecule has 5 N–H and O–H groups in total. The number of fused-ring (bicyclic) bond motifs is 1. The topological polar surface area (TPSA) is 155 Å². The summed E-state index contributed by atoms with van der Waals surface area (Å²) in [5.41, 5.74) is 7.04. The summed E-state index contributed by atoms with van der Waals surface area (Å²) in [7, 11) is -5.39. The first kappa shape index (κ1) is 18.8. The van der Waals surface area contributed by atoms with E-state index in [0.717, 1.165) is 12.5 Å². The summed E-state index contributed by atoms with van der Waals surface area (Å²) in [5, 5.41) is 32.4. The van der Waals surface area contributed by atoms with Gasteiger partial charge in [-0.05, 0) is 29.2 Å². The minimum absolute atomic E-state index is 0.0127. The number of carbonyl (C=O) groups is 1. The van der Waals surface area contributed by atoms with Gasteiger partial charge >= 0.3 is 13.2 Å². The number of sulfone groups is 1. The van der Waals surface area contributed by atoms with E-state index in [1.54, 1.807) is 12.1 Å². The summed E-state index contributed by atoms with van der Waals surface area (Å²) in [6.45, 7) is 0. The van der Waals surface area contributed by atoms with Gasteiger partial charge < -0.3 is 20.9 Å². The van der Waals surface area contributed by atoms with E-state index in [9.17, 15) is 23.3 Å². The van der Waals surface area contributed by atoms with Gasteiger partial charge in [0.25, 0.3) is 0 Å². The second kappa shape index (κ2) is 6.61. The van der Waals surface area contributed by atoms with E-state index in [-0.39, 0.29) is 27.1 Å². The van der Waals surface area contributed by atoms with Gasteiger partial charge in [-0.25, -0.2) is 8.42 Å². The third kappa shape index (κ3) is 3.61. The summed E-state index contributed by atoms with van der Waals surface area (Å²) in [5.74, 6) is 0. The quantitative estimate of drug-likeness (QED) is 0.342. The van der Waals surface area contributed by atoms with Crippen LogP contribution in [0.3, 0.4) is 0 Å². The monoisotopic (exact) mass is 388 g/mol. The fourth-order valence-corrected chi connectivity index (χ4v) is 3.62. The number of anilines is 1. The van der Waals surface area contributed by atoms with Gasteiger partial charge in [-0.15, -0.1) is 0 Å². The van der Waals surface area contributed by atoms with E-state index >= 15 is 0 Å². The molecule has 11 heteroatoms. The molecule has 3 rings (SSSR count). The van der Waals surface area contributed by atoms with E-state index < -0.39 is 23.0 Å². The highest BCUT2D eigenvalue weighted by Crippen LogP contribution is 2.29. The second-order valence-electron chi connectivity index (χ2n) is 5.94. The fourth-order valence-electron chi connectivity index (χ4n) is 2.73. The smallest absolute Gasteiger partial charge is 0.425 e. The first-order valence-electron chi connectivity index (χ1n) is 7.64. The van der Waals surface area contributed by atoms with E-state index in [2.05, 4.69) is 5.10 Å². The molecule has 0 amide bonds. The van der Waals surface area contributed by atoms with Crippen LogP contribution in [0.25, 0.3) is 22.0 Å². The molecule has 2 aromatic carbocycles. The largest absolute Gasteiger partial charge is 0.626 e. The van der Waals surface area contributed by atoms with Gasteiger partial charge in [0, 0.05) is 27.0 Å². The van der Waals surface area contributed by atoms with Crippen LogP contribution < -0.4 is 15.9 Å². The molecule has 1 heterocycles. The Morgan fingerprint density at radius 3 is 2.48 bits per heavy atom. The molecule has 0 aliphatic carbocycles. The van der Waals surface area contributed by atoms with Gasteiger partial charge in [-0.2, -0.15) is 4.79 Å². The molecule has 0 saturated carbocycles. The van der Waals surface area contributed by atoms with Gasteiger partial charge in [0.15, 0.2) is 9.84 Å². The number of nitrogens with zero attached hydrogens (tertiary/aromatic N) is 2. The SMILES string of the molecule is CS(=O)(=O)c1ccc(B(O)O)cc1-c1ccc2c(N)c[n+](C(=O)O)nc2c1. The highest BCUT2D eigenvalue weighted by atomic mass is 32.2. The Balaban J connectivity index is 2.31. The maximum atomic E-state index is 12.1. The number of rotatable bonds is 3. The van der Waals surface area contributed by atoms with Gasteiger partial charge in [0.2, 0.25) is 6.20 Å². The van der Waals surface area contributed by atoms with E-state index in [0.29, 0.717) is 15.6 Å². The van der Waals surface area contributed by atoms with Crippen molar-refractivity contribution in [3.05, 3.63) is 42.6 Å². The standard InChI is InChI=1S/C16H14BN3O6S/c1-27(25,26)15-5-3-10(17(23)24)7-12(15)9-2-4-11-13(18)8-20(16(21)22)19-14(11)6-9/h2-8,23-24H,1H3,(H2-,18,19,21,22)/p+1. The maximum absolute atomic E-state index is 12.1. The van der Waals surface area contributed by atoms with Gasteiger partial charge in [-0.1, -0.05) is 18.2 Å². The Hall–Kier alpha value is -3.02. The molecule has 0 unspecified atom stereocenters. The van der Waals surface area contributed by atoms with Crippen LogP contribution >= 0.6 is 0 Å². The Morgan fingerprint density at radius 2 is 1.89 bits per heavy atom. The third-order valence-electron chi connectivity index (χ3n) is 3.99. The molecule has 3 aromatic rings. The number of hydrogen-bond donors (Lipinski definition) is 4. The molecule has 0 atom stereocenters. The molecule has 0 aliphatic heterocycles. The number of carboxylic acid groups (broad SMARTS) is 1. The molecule has 138 valence electrons. The Labute approximate surface area is 154 Å². The van der Waals surface area contributed by atoms with Crippen molar-refractivity contribution in [2.75, 3.05) is 12.0 Å². The fraction of sp³-hybridized carbons (Fsp3) is 0.0625. The summed E-state index contributed by atoms with van der Waals surface area (Å²) in [6.07, 6.45) is 0.877. The minimum atomic E-state index is -3.61. The lowest BCUT2D eigenvalue weighted by atomic mass is 9.79. The number of nitrogen functional groups attached to an aromatic ring is 1. The number of nitrogens with two attached hydrogens (primary N) is 1. The van der Waals surface area contributed by atoms with Crippen molar-refractivity contribution in [1.82, 2.24) is 5.10 Å². The van der Waals surface area contributed by atoms with Crippen LogP contribution in [0, 0.1) is 0 Å². The molecule has 0 fully saturated rings. The highest BCUT2D eigenvalue weighted by molar-refractivity contribution is 7.90. The van der Waals surface area contributed by atoms with Gasteiger partial charge in [0.05, 0.1) is 4.90 Å². The zero-order valence-electron chi connectivity index (χ0n) is 14.1. The Morgan fingerprint density at radius 1 is 1.19 bits per heavy atom. The normalized spacial score (nSPS) is 11.5. The van der Waals surface area contributed by atoms with Crippen LogP contribution in [0.4, 0.5) is 10.5 Å². The van der Waals surface area contributed by atoms with Gasteiger partial charge in [-0.3, -0.25) is 0 Å². The molecule has 0 aliphatic rings. The summed E-state index contributed by atoms with van der Waals surface area (Å²) in [4.78, 5) is 11.2. The zero-order valence-corrected chi connectivity index (χ0v) is 14.9. The molecule has 1 aromatic heterocycles. The highest BCUT2D eigenvalue weighted by Gasteiger charge is 2.21. The van der Waals surface area contributed by atoms with Crippen LogP contribution in [0.15, 0.2) is 47.5 Å². The average Bonchev–Trinajstić information content (AvgIpc) is 2.59. The molecule has 0 saturated heterocycles. The summed E-state index contributed by atoms with van der Waals surface area (Å²) in [6, 6.07) is 8.62. The van der Waals surface area contributed by atoms with Crippen molar-refractivity contribution in [2.24, 2.45) is 0 Å². The van der Waals surface area contributed by atoms with Crippen molar-refractivity contribution < 1.29 is 33.0 Å². The molecule has 9 nitrogen and oxygen atoms in total. The van der Waals surface area contributed by atoms with E-state index in [1.165, 1.54) is 24.3 Å². The summed E-state index contributed by atoms with van der Waals surface area (Å²) < 4.78 is 24.9. The first-order chi connectivity index (χ1) is 12.6. The van der Waals surface area contributed by atoms with Crippen molar-refractivity contribution >= 4 is 45.1 Å². The number of hydrogen-bond acceptors (Lipinski definition) is 7. The Bertz CT molecular complexity index is 1180. The van der Waals surface area contributed by atoms with Crippen LogP contribution in [0.5, 0.6) is 0 Å². The van der Waals surface area contributed by atoms with E-state index in [4.69, 9.17) is 10.8 Å². The van der Waals surface area contributed by atoms with Crippen LogP contribution in [-0.4, -0.2) is 48.1 Å². The number of aromatic nitrogens is 2. The van der Waals surface area contributed by atoms with Crippen molar-refractivity contribution in [1.29, 1.82) is 0 Å². The molecular weight excluding hydrogens is 373 g/mol. The van der Waals surface area contributed by atoms with Crippen molar-refractivity contribution in [3.8, 4) is 11.1 Å². The second-order valence-corrected chi connectivity index (χ2v) is 7.93. The maximum Gasteiger partial charge on any atom is 0.626 e. The minimum Gasteiger partial charge on any atom is -0.425 e. The van der Waals surface area contributed by atoms with Crippen LogP contribution in [-0.2, 0) is 9.84 Å². The first-order valence-corrected chi connectivity index (χ1v) is 9.53. The lowest BCUT2D eigenvalue weighted by Crippen LogP contribution is -2.45. The predicted octanol–water partition coefficient (Wildman–Crippen LogP) is -0.619. The van der Waals surface area contributed by atoms with Crippen molar-refractivity contribution in [2.45, 2.75) is 4.90 Å². The lowest BCUT2D eigenvalue weighted by Gasteiger charge is -2.11. The average molecular weight is 388 g/mol. The Kier molecular flexibility index (Phi) is 4.60. The lowest BCUT2D eigenvalue weighted by molar-refractivity contribution is -0.643. The van der Waals surface area contributed by atoms with Crippen LogP contribution in [0.1, 0.15) is 0 Å². The number of benzene rings is 2. The third-order valence-corrected chi connectivity index (χ3v) is 5.15. The zero-order chi connectivity index (χ0) is 19.9. The van der Waals surface area contributed by atoms with Crippen LogP contribution in [0.2, 0.25) is 0 Å². The predicted molar refractivity (Wildman–Crippen MR) is 98.1 cm³/mol.